The smallest absolute Gasteiger partial charge is 0.305 e. The van der Waals surface area contributed by atoms with Crippen LogP contribution in [0, 0.1) is 6.92 Å². The van der Waals surface area contributed by atoms with Gasteiger partial charge in [-0.05, 0) is 44.2 Å². The number of unbranched alkanes of at least 4 members (excludes halogenated alkanes) is 1. The maximum Gasteiger partial charge on any atom is 0.305 e. The maximum absolute atomic E-state index is 11.1. The van der Waals surface area contributed by atoms with Gasteiger partial charge in [-0.2, -0.15) is 0 Å². The summed E-state index contributed by atoms with van der Waals surface area (Å²) in [5, 5.41) is 0. The summed E-state index contributed by atoms with van der Waals surface area (Å²) < 4.78 is 4.88. The van der Waals surface area contributed by atoms with Gasteiger partial charge in [0.1, 0.15) is 0 Å². The number of benzene rings is 1. The number of carbonyl (C=O) groups is 1. The Morgan fingerprint density at radius 2 is 2.00 bits per heavy atom. The van der Waals surface area contributed by atoms with Crippen molar-refractivity contribution in [1.82, 2.24) is 0 Å². The largest absolute Gasteiger partial charge is 0.466 e. The van der Waals surface area contributed by atoms with Crippen molar-refractivity contribution < 1.29 is 9.53 Å². The molecule has 2 heteroatoms. The molecule has 0 spiro atoms. The van der Waals surface area contributed by atoms with Crippen molar-refractivity contribution >= 4 is 5.97 Å². The van der Waals surface area contributed by atoms with E-state index < -0.39 is 0 Å². The van der Waals surface area contributed by atoms with Crippen molar-refractivity contribution in [1.29, 1.82) is 0 Å². The molecule has 0 bridgehead atoms. The van der Waals surface area contributed by atoms with E-state index in [2.05, 4.69) is 31.2 Å². The van der Waals surface area contributed by atoms with Crippen LogP contribution in [-0.4, -0.2) is 12.6 Å². The molecule has 0 aliphatic rings. The lowest BCUT2D eigenvalue weighted by atomic mass is 10.0. The van der Waals surface area contributed by atoms with Crippen LogP contribution in [0.4, 0.5) is 0 Å². The van der Waals surface area contributed by atoms with E-state index in [1.54, 1.807) is 0 Å². The lowest BCUT2D eigenvalue weighted by Gasteiger charge is -2.05. The normalized spacial score (nSPS) is 10.1. The monoisotopic (exact) mass is 220 g/mol. The average Bonchev–Trinajstić information content (AvgIpc) is 2.27. The van der Waals surface area contributed by atoms with Crippen LogP contribution in [0.1, 0.15) is 37.3 Å². The second-order valence-electron chi connectivity index (χ2n) is 3.94. The van der Waals surface area contributed by atoms with Gasteiger partial charge < -0.3 is 4.74 Å². The molecule has 1 aromatic rings. The summed E-state index contributed by atoms with van der Waals surface area (Å²) >= 11 is 0. The van der Waals surface area contributed by atoms with E-state index in [0.29, 0.717) is 13.0 Å². The fourth-order valence-electron chi connectivity index (χ4n) is 1.71. The van der Waals surface area contributed by atoms with Crippen molar-refractivity contribution in [3.8, 4) is 0 Å². The zero-order valence-corrected chi connectivity index (χ0v) is 10.2. The quantitative estimate of drug-likeness (QED) is 0.543. The molecule has 1 aromatic carbocycles. The summed E-state index contributed by atoms with van der Waals surface area (Å²) in [5.74, 6) is -0.0766. The summed E-state index contributed by atoms with van der Waals surface area (Å²) in [7, 11) is 0. The Hall–Kier alpha value is -1.31. The van der Waals surface area contributed by atoms with Crippen molar-refractivity contribution in [3.63, 3.8) is 0 Å². The van der Waals surface area contributed by atoms with Gasteiger partial charge in [-0.25, -0.2) is 0 Å². The summed E-state index contributed by atoms with van der Waals surface area (Å²) in [5.41, 5.74) is 2.71. The Morgan fingerprint density at radius 3 is 2.69 bits per heavy atom. The predicted molar refractivity (Wildman–Crippen MR) is 65.4 cm³/mol. The van der Waals surface area contributed by atoms with E-state index in [0.717, 1.165) is 19.3 Å². The number of hydrogen-bond donors (Lipinski definition) is 0. The lowest BCUT2D eigenvalue weighted by Crippen LogP contribution is -2.03. The van der Waals surface area contributed by atoms with Gasteiger partial charge in [-0.1, -0.05) is 24.3 Å². The molecular formula is C14H20O2. The van der Waals surface area contributed by atoms with Crippen LogP contribution in [-0.2, 0) is 16.0 Å². The second-order valence-corrected chi connectivity index (χ2v) is 3.94. The van der Waals surface area contributed by atoms with Gasteiger partial charge in [-0.15, -0.1) is 0 Å². The minimum Gasteiger partial charge on any atom is -0.466 e. The lowest BCUT2D eigenvalue weighted by molar-refractivity contribution is -0.143. The molecule has 0 atom stereocenters. The standard InChI is InChI=1S/C14H20O2/c1-3-16-14(15)11-7-6-10-13-9-5-4-8-12(13)2/h4-5,8-9H,3,6-7,10-11H2,1-2H3. The first-order valence-corrected chi connectivity index (χ1v) is 5.94. The number of esters is 1. The Balaban J connectivity index is 2.21. The highest BCUT2D eigenvalue weighted by atomic mass is 16.5. The first-order chi connectivity index (χ1) is 7.74. The molecule has 0 amide bonds. The van der Waals surface area contributed by atoms with Crippen LogP contribution in [0.3, 0.4) is 0 Å². The van der Waals surface area contributed by atoms with Gasteiger partial charge in [0.2, 0.25) is 0 Å². The first-order valence-electron chi connectivity index (χ1n) is 5.94. The van der Waals surface area contributed by atoms with Crippen LogP contribution >= 0.6 is 0 Å². The fourth-order valence-corrected chi connectivity index (χ4v) is 1.71. The van der Waals surface area contributed by atoms with Gasteiger partial charge in [0.05, 0.1) is 6.61 Å². The molecule has 1 rings (SSSR count). The number of ether oxygens (including phenoxy) is 1. The van der Waals surface area contributed by atoms with Crippen molar-refractivity contribution in [3.05, 3.63) is 35.4 Å². The highest BCUT2D eigenvalue weighted by Crippen LogP contribution is 2.11. The molecule has 16 heavy (non-hydrogen) atoms. The van der Waals surface area contributed by atoms with Crippen molar-refractivity contribution in [2.24, 2.45) is 0 Å². The molecular weight excluding hydrogens is 200 g/mol. The van der Waals surface area contributed by atoms with E-state index in [1.807, 2.05) is 6.92 Å². The van der Waals surface area contributed by atoms with Gasteiger partial charge in [0.25, 0.3) is 0 Å². The SMILES string of the molecule is CCOC(=O)CCCCc1ccccc1C. The van der Waals surface area contributed by atoms with E-state index in [4.69, 9.17) is 4.74 Å². The molecule has 0 heterocycles. The fraction of sp³-hybridized carbons (Fsp3) is 0.500. The summed E-state index contributed by atoms with van der Waals surface area (Å²) in [4.78, 5) is 11.1. The van der Waals surface area contributed by atoms with Crippen LogP contribution in [0.15, 0.2) is 24.3 Å². The van der Waals surface area contributed by atoms with Gasteiger partial charge in [0.15, 0.2) is 0 Å². The second kappa shape index (κ2) is 7.04. The third-order valence-electron chi connectivity index (χ3n) is 2.64. The zero-order valence-electron chi connectivity index (χ0n) is 10.2. The molecule has 0 N–H and O–H groups in total. The minimum absolute atomic E-state index is 0.0766. The van der Waals surface area contributed by atoms with Gasteiger partial charge >= 0.3 is 5.97 Å². The zero-order chi connectivity index (χ0) is 11.8. The molecule has 0 fully saturated rings. The third-order valence-corrected chi connectivity index (χ3v) is 2.64. The third kappa shape index (κ3) is 4.47. The number of carbonyl (C=O) groups excluding carboxylic acids is 1. The maximum atomic E-state index is 11.1. The Labute approximate surface area is 97.6 Å². The van der Waals surface area contributed by atoms with Crippen LogP contribution in [0.25, 0.3) is 0 Å². The highest BCUT2D eigenvalue weighted by Gasteiger charge is 2.02. The van der Waals surface area contributed by atoms with Crippen LogP contribution in [0.5, 0.6) is 0 Å². The summed E-state index contributed by atoms with van der Waals surface area (Å²) in [6.07, 6.45) is 3.54. The minimum atomic E-state index is -0.0766. The summed E-state index contributed by atoms with van der Waals surface area (Å²) in [6.45, 7) is 4.45. The number of rotatable bonds is 6. The van der Waals surface area contributed by atoms with E-state index >= 15 is 0 Å². The molecule has 88 valence electrons. The molecule has 0 aliphatic heterocycles. The molecule has 0 saturated heterocycles. The Morgan fingerprint density at radius 1 is 1.25 bits per heavy atom. The molecule has 0 aromatic heterocycles. The van der Waals surface area contributed by atoms with Gasteiger partial charge in [0, 0.05) is 6.42 Å². The number of aryl methyl sites for hydroxylation is 2. The van der Waals surface area contributed by atoms with E-state index in [9.17, 15) is 4.79 Å². The Bertz CT molecular complexity index is 331. The first kappa shape index (κ1) is 12.8. The van der Waals surface area contributed by atoms with E-state index in [-0.39, 0.29) is 5.97 Å². The topological polar surface area (TPSA) is 26.3 Å². The van der Waals surface area contributed by atoms with Crippen molar-refractivity contribution in [2.75, 3.05) is 6.61 Å². The molecule has 0 unspecified atom stereocenters. The summed E-state index contributed by atoms with van der Waals surface area (Å²) in [6, 6.07) is 8.39. The molecule has 0 radical (unpaired) electrons. The number of hydrogen-bond acceptors (Lipinski definition) is 2. The van der Waals surface area contributed by atoms with Crippen LogP contribution < -0.4 is 0 Å². The van der Waals surface area contributed by atoms with Crippen molar-refractivity contribution in [2.45, 2.75) is 39.5 Å². The molecule has 0 saturated carbocycles. The molecule has 0 aliphatic carbocycles. The van der Waals surface area contributed by atoms with E-state index in [1.165, 1.54) is 11.1 Å². The Kier molecular flexibility index (Phi) is 5.62. The average molecular weight is 220 g/mol. The van der Waals surface area contributed by atoms with Crippen LogP contribution in [0.2, 0.25) is 0 Å². The highest BCUT2D eigenvalue weighted by molar-refractivity contribution is 5.69. The van der Waals surface area contributed by atoms with Gasteiger partial charge in [-0.3, -0.25) is 4.79 Å². The predicted octanol–water partition coefficient (Wildman–Crippen LogP) is 3.27. The molecule has 2 nitrogen and oxygen atoms in total.